The SMILES string of the molecule is C=C/C=C\Cc1ccccc1N(CC)c1cc(-c2cc(-c3ccccc3)nc(-c3ccccc3)n2)cc(-n2c3ccccc3c3ccccc32)c1. The fourth-order valence-corrected chi connectivity index (χ4v) is 7.03. The van der Waals surface area contributed by atoms with Crippen molar-refractivity contribution < 1.29 is 0 Å². The predicted octanol–water partition coefficient (Wildman–Crippen LogP) is 12.0. The van der Waals surface area contributed by atoms with E-state index in [9.17, 15) is 0 Å². The van der Waals surface area contributed by atoms with Crippen LogP contribution in [0.3, 0.4) is 0 Å². The number of anilines is 2. The van der Waals surface area contributed by atoms with Crippen LogP contribution in [-0.2, 0) is 6.42 Å². The molecule has 0 radical (unpaired) electrons. The van der Waals surface area contributed by atoms with E-state index >= 15 is 0 Å². The van der Waals surface area contributed by atoms with Crippen molar-refractivity contribution in [2.75, 3.05) is 11.4 Å². The zero-order valence-electron chi connectivity index (χ0n) is 28.7. The first-order chi connectivity index (χ1) is 25.2. The van der Waals surface area contributed by atoms with Gasteiger partial charge in [0.05, 0.1) is 22.4 Å². The third-order valence-corrected chi connectivity index (χ3v) is 9.38. The maximum absolute atomic E-state index is 5.26. The minimum atomic E-state index is 0.697. The van der Waals surface area contributed by atoms with Gasteiger partial charge in [-0.25, -0.2) is 9.97 Å². The van der Waals surface area contributed by atoms with Crippen LogP contribution >= 0.6 is 0 Å². The number of aromatic nitrogens is 3. The van der Waals surface area contributed by atoms with E-state index in [4.69, 9.17) is 9.97 Å². The number of hydrogen-bond acceptors (Lipinski definition) is 3. The Labute approximate surface area is 299 Å². The quantitative estimate of drug-likeness (QED) is 0.137. The van der Waals surface area contributed by atoms with E-state index in [1.165, 1.54) is 22.0 Å². The Morgan fingerprint density at radius 3 is 1.86 bits per heavy atom. The molecule has 246 valence electrons. The van der Waals surface area contributed by atoms with Crippen LogP contribution in [0.4, 0.5) is 11.4 Å². The maximum atomic E-state index is 5.26. The van der Waals surface area contributed by atoms with Crippen LogP contribution in [0.15, 0.2) is 183 Å². The van der Waals surface area contributed by atoms with E-state index in [1.807, 2.05) is 36.4 Å². The molecule has 4 heteroatoms. The number of para-hydroxylation sites is 3. The molecular formula is C47H38N4. The summed E-state index contributed by atoms with van der Waals surface area (Å²) < 4.78 is 2.39. The molecule has 4 nitrogen and oxygen atoms in total. The molecule has 2 aromatic heterocycles. The van der Waals surface area contributed by atoms with Gasteiger partial charge in [0.15, 0.2) is 5.82 Å². The van der Waals surface area contributed by atoms with Crippen molar-refractivity contribution in [3.63, 3.8) is 0 Å². The van der Waals surface area contributed by atoms with Gasteiger partial charge < -0.3 is 9.47 Å². The molecule has 0 unspecified atom stereocenters. The van der Waals surface area contributed by atoms with Gasteiger partial charge in [0.2, 0.25) is 0 Å². The minimum Gasteiger partial charge on any atom is -0.341 e. The Morgan fingerprint density at radius 2 is 1.20 bits per heavy atom. The molecule has 0 aliphatic carbocycles. The van der Waals surface area contributed by atoms with Crippen LogP contribution in [-0.4, -0.2) is 21.1 Å². The van der Waals surface area contributed by atoms with Crippen LogP contribution in [0.1, 0.15) is 12.5 Å². The summed E-state index contributed by atoms with van der Waals surface area (Å²) in [6.45, 7) is 6.87. The number of rotatable bonds is 10. The number of hydrogen-bond donors (Lipinski definition) is 0. The normalized spacial score (nSPS) is 11.4. The summed E-state index contributed by atoms with van der Waals surface area (Å²) >= 11 is 0. The van der Waals surface area contributed by atoms with E-state index in [0.29, 0.717) is 5.82 Å². The molecule has 0 saturated carbocycles. The lowest BCUT2D eigenvalue weighted by Crippen LogP contribution is -2.18. The van der Waals surface area contributed by atoms with E-state index in [0.717, 1.165) is 63.5 Å². The molecule has 0 aliphatic heterocycles. The fourth-order valence-electron chi connectivity index (χ4n) is 7.03. The Bertz CT molecular complexity index is 2400. The lowest BCUT2D eigenvalue weighted by molar-refractivity contribution is 1.00. The number of nitrogens with zero attached hydrogens (tertiary/aromatic N) is 4. The molecule has 0 atom stereocenters. The molecule has 8 aromatic rings. The highest BCUT2D eigenvalue weighted by Crippen LogP contribution is 2.38. The van der Waals surface area contributed by atoms with Gasteiger partial charge in [0, 0.05) is 51.1 Å². The van der Waals surface area contributed by atoms with Gasteiger partial charge in [-0.1, -0.05) is 140 Å². The number of fused-ring (bicyclic) bond motifs is 3. The summed E-state index contributed by atoms with van der Waals surface area (Å²) in [5.41, 5.74) is 11.7. The molecule has 0 bridgehead atoms. The average Bonchev–Trinajstić information content (AvgIpc) is 3.54. The molecule has 0 amide bonds. The largest absolute Gasteiger partial charge is 0.341 e. The van der Waals surface area contributed by atoms with E-state index in [2.05, 4.69) is 163 Å². The Morgan fingerprint density at radius 1 is 0.608 bits per heavy atom. The molecule has 0 saturated heterocycles. The first kappa shape index (κ1) is 31.7. The van der Waals surface area contributed by atoms with E-state index in [1.54, 1.807) is 0 Å². The standard InChI is InChI=1S/C47H38N4/c1-3-5-8-21-35-22-13-16-27-44(35)50(4-2)38-30-37(31-39(32-38)51-45-28-17-14-25-40(45)41-26-15-18-29-46(41)51)43-33-42(34-19-9-6-10-20-34)48-47(49-43)36-23-11-7-12-24-36/h3,5-20,22-33H,1,4,21H2,2H3/b8-5-. The third-order valence-electron chi connectivity index (χ3n) is 9.38. The zero-order valence-corrected chi connectivity index (χ0v) is 28.7. The molecule has 0 aliphatic rings. The molecule has 0 fully saturated rings. The van der Waals surface area contributed by atoms with Crippen molar-refractivity contribution in [1.29, 1.82) is 0 Å². The predicted molar refractivity (Wildman–Crippen MR) is 215 cm³/mol. The van der Waals surface area contributed by atoms with Gasteiger partial charge in [0.25, 0.3) is 0 Å². The number of benzene rings is 6. The van der Waals surface area contributed by atoms with Gasteiger partial charge in [-0.2, -0.15) is 0 Å². The zero-order chi connectivity index (χ0) is 34.6. The van der Waals surface area contributed by atoms with Crippen molar-refractivity contribution >= 4 is 33.2 Å². The van der Waals surface area contributed by atoms with Crippen molar-refractivity contribution in [3.05, 3.63) is 188 Å². The molecular weight excluding hydrogens is 621 g/mol. The van der Waals surface area contributed by atoms with Gasteiger partial charge >= 0.3 is 0 Å². The molecule has 0 spiro atoms. The molecule has 51 heavy (non-hydrogen) atoms. The van der Waals surface area contributed by atoms with Crippen molar-refractivity contribution in [2.45, 2.75) is 13.3 Å². The summed E-state index contributed by atoms with van der Waals surface area (Å²) in [5, 5.41) is 2.46. The highest BCUT2D eigenvalue weighted by Gasteiger charge is 2.19. The first-order valence-corrected chi connectivity index (χ1v) is 17.5. The number of allylic oxidation sites excluding steroid dienone is 3. The Kier molecular flexibility index (Phi) is 8.80. The average molecular weight is 659 g/mol. The maximum Gasteiger partial charge on any atom is 0.160 e. The molecule has 6 aromatic carbocycles. The van der Waals surface area contributed by atoms with Crippen LogP contribution < -0.4 is 4.90 Å². The van der Waals surface area contributed by atoms with Crippen molar-refractivity contribution in [3.8, 4) is 39.6 Å². The minimum absolute atomic E-state index is 0.697. The Hall–Kier alpha value is -6.52. The first-order valence-electron chi connectivity index (χ1n) is 17.5. The van der Waals surface area contributed by atoms with Crippen LogP contribution in [0.2, 0.25) is 0 Å². The summed E-state index contributed by atoms with van der Waals surface area (Å²) in [4.78, 5) is 12.7. The van der Waals surface area contributed by atoms with E-state index < -0.39 is 0 Å². The Balaban J connectivity index is 1.40. The smallest absolute Gasteiger partial charge is 0.160 e. The second kappa shape index (κ2) is 14.1. The molecule has 0 N–H and O–H groups in total. The van der Waals surface area contributed by atoms with E-state index in [-0.39, 0.29) is 0 Å². The highest BCUT2D eigenvalue weighted by molar-refractivity contribution is 6.09. The third kappa shape index (κ3) is 6.24. The fraction of sp³-hybridized carbons (Fsp3) is 0.0638. The summed E-state index contributed by atoms with van der Waals surface area (Å²) in [6, 6.07) is 55.6. The monoisotopic (exact) mass is 658 g/mol. The molecule has 2 heterocycles. The molecule has 8 rings (SSSR count). The van der Waals surface area contributed by atoms with Gasteiger partial charge in [-0.15, -0.1) is 0 Å². The summed E-state index contributed by atoms with van der Waals surface area (Å²) in [7, 11) is 0. The van der Waals surface area contributed by atoms with Crippen molar-refractivity contribution in [2.24, 2.45) is 0 Å². The van der Waals surface area contributed by atoms with Crippen molar-refractivity contribution in [1.82, 2.24) is 14.5 Å². The topological polar surface area (TPSA) is 34.0 Å². The van der Waals surface area contributed by atoms with Gasteiger partial charge in [-0.3, -0.25) is 0 Å². The van der Waals surface area contributed by atoms with Gasteiger partial charge in [-0.05, 0) is 61.4 Å². The lowest BCUT2D eigenvalue weighted by atomic mass is 10.0. The second-order valence-electron chi connectivity index (χ2n) is 12.5. The van der Waals surface area contributed by atoms with Crippen LogP contribution in [0.5, 0.6) is 0 Å². The highest BCUT2D eigenvalue weighted by atomic mass is 15.1. The summed E-state index contributed by atoms with van der Waals surface area (Å²) in [6.07, 6.45) is 6.82. The second-order valence-corrected chi connectivity index (χ2v) is 12.5. The van der Waals surface area contributed by atoms with Crippen LogP contribution in [0.25, 0.3) is 61.4 Å². The van der Waals surface area contributed by atoms with Crippen LogP contribution in [0, 0.1) is 0 Å². The van der Waals surface area contributed by atoms with Gasteiger partial charge in [0.1, 0.15) is 0 Å². The summed E-state index contributed by atoms with van der Waals surface area (Å²) in [5.74, 6) is 0.697. The lowest BCUT2D eigenvalue weighted by Gasteiger charge is -2.27.